The molecule has 0 bridgehead atoms. The minimum atomic E-state index is 0.135. The molecule has 2 aromatic heterocycles. The molecule has 7 rings (SSSR count). The second-order valence-corrected chi connectivity index (χ2v) is 12.7. The van der Waals surface area contributed by atoms with Crippen LogP contribution in [0.3, 0.4) is 0 Å². The maximum Gasteiger partial charge on any atom is 0.250 e. The molecule has 230 valence electrons. The lowest BCUT2D eigenvalue weighted by molar-refractivity contribution is -0.127. The molecular weight excluding hydrogens is 554 g/mol. The summed E-state index contributed by atoms with van der Waals surface area (Å²) >= 11 is 0. The van der Waals surface area contributed by atoms with Gasteiger partial charge in [-0.1, -0.05) is 12.1 Å². The highest BCUT2D eigenvalue weighted by atomic mass is 16.5. The van der Waals surface area contributed by atoms with Gasteiger partial charge in [-0.05, 0) is 58.5 Å². The number of carbonyl (C=O) groups excluding carboxylic acids is 1. The molecule has 0 saturated carbocycles. The first-order valence-electron chi connectivity index (χ1n) is 15.8. The highest BCUT2D eigenvalue weighted by molar-refractivity contribution is 5.95. The van der Waals surface area contributed by atoms with Gasteiger partial charge in [0.1, 0.15) is 18.2 Å². The number of H-pyrrole nitrogens is 1. The van der Waals surface area contributed by atoms with Crippen LogP contribution in [-0.4, -0.2) is 115 Å². The average molecular weight is 596 g/mol. The number of ether oxygens (including phenoxy) is 1. The second-order valence-electron chi connectivity index (χ2n) is 12.7. The highest BCUT2D eigenvalue weighted by Gasteiger charge is 2.33. The van der Waals surface area contributed by atoms with Gasteiger partial charge in [0, 0.05) is 68.4 Å². The van der Waals surface area contributed by atoms with Crippen molar-refractivity contribution < 1.29 is 9.53 Å². The predicted octanol–water partition coefficient (Wildman–Crippen LogP) is 2.69. The Balaban J connectivity index is 1.20. The number of nitriles is 1. The van der Waals surface area contributed by atoms with Crippen LogP contribution in [0.5, 0.6) is 5.88 Å². The Morgan fingerprint density at radius 1 is 1.09 bits per heavy atom. The zero-order valence-corrected chi connectivity index (χ0v) is 26.0. The summed E-state index contributed by atoms with van der Waals surface area (Å²) in [5, 5.41) is 19.1. The number of aromatic nitrogens is 3. The summed E-state index contributed by atoms with van der Waals surface area (Å²) in [6.07, 6.45) is 6.95. The van der Waals surface area contributed by atoms with Crippen molar-refractivity contribution in [2.45, 2.75) is 38.8 Å². The van der Waals surface area contributed by atoms with Crippen molar-refractivity contribution in [1.29, 1.82) is 5.26 Å². The zero-order chi connectivity index (χ0) is 30.4. The zero-order valence-electron chi connectivity index (χ0n) is 26.0. The molecule has 2 fully saturated rings. The second kappa shape index (κ2) is 11.7. The number of anilines is 2. The highest BCUT2D eigenvalue weighted by Crippen LogP contribution is 2.40. The smallest absolute Gasteiger partial charge is 0.250 e. The van der Waals surface area contributed by atoms with Crippen LogP contribution < -0.4 is 14.5 Å². The normalized spacial score (nSPS) is 21.1. The first kappa shape index (κ1) is 28.6. The molecule has 1 N–H and O–H groups in total. The molecule has 4 aliphatic rings. The summed E-state index contributed by atoms with van der Waals surface area (Å²) < 4.78 is 6.43. The number of aromatic amines is 1. The third kappa shape index (κ3) is 5.16. The molecule has 1 atom stereocenters. The number of rotatable bonds is 6. The summed E-state index contributed by atoms with van der Waals surface area (Å²) in [7, 11) is 4.17. The van der Waals surface area contributed by atoms with Gasteiger partial charge < -0.3 is 24.3 Å². The summed E-state index contributed by atoms with van der Waals surface area (Å²) in [4.78, 5) is 29.4. The van der Waals surface area contributed by atoms with E-state index in [0.717, 1.165) is 72.3 Å². The van der Waals surface area contributed by atoms with Gasteiger partial charge in [-0.25, -0.2) is 4.98 Å². The number of amides is 1. The Labute approximate surface area is 258 Å². The summed E-state index contributed by atoms with van der Waals surface area (Å²) in [5.41, 5.74) is 7.81. The fraction of sp³-hybridized carbons (Fsp3) is 0.515. The monoisotopic (exact) mass is 595 g/mol. The fourth-order valence-electron chi connectivity index (χ4n) is 7.35. The molecule has 1 aromatic carbocycles. The number of carbonyl (C=O) groups is 1. The number of aryl methyl sites for hydroxylation is 1. The molecule has 3 aromatic rings. The van der Waals surface area contributed by atoms with Crippen LogP contribution in [0.1, 0.15) is 35.2 Å². The van der Waals surface area contributed by atoms with E-state index in [2.05, 4.69) is 62.0 Å². The van der Waals surface area contributed by atoms with Crippen molar-refractivity contribution in [2.75, 3.05) is 82.9 Å². The summed E-state index contributed by atoms with van der Waals surface area (Å²) in [6, 6.07) is 7.02. The van der Waals surface area contributed by atoms with Crippen molar-refractivity contribution in [3.63, 3.8) is 0 Å². The lowest BCUT2D eigenvalue weighted by Gasteiger charge is -2.40. The van der Waals surface area contributed by atoms with Gasteiger partial charge in [-0.3, -0.25) is 14.8 Å². The van der Waals surface area contributed by atoms with Crippen LogP contribution in [-0.2, 0) is 17.8 Å². The third-order valence-corrected chi connectivity index (χ3v) is 9.85. The lowest BCUT2D eigenvalue weighted by Crippen LogP contribution is -2.50. The molecule has 0 radical (unpaired) electrons. The number of nitrogens with one attached hydrogen (secondary N) is 1. The molecule has 11 heteroatoms. The minimum absolute atomic E-state index is 0.135. The van der Waals surface area contributed by atoms with Crippen molar-refractivity contribution in [3.8, 4) is 11.9 Å². The maximum atomic E-state index is 13.2. The number of likely N-dealkylation sites (N-methyl/N-ethyl adjacent to an activating group) is 2. The molecular formula is C33H41N9O2. The number of fused-ring (bicyclic) bond motifs is 2. The molecule has 11 nitrogen and oxygen atoms in total. The van der Waals surface area contributed by atoms with Gasteiger partial charge in [-0.2, -0.15) is 10.4 Å². The first-order chi connectivity index (χ1) is 21.4. The standard InChI is InChI=1S/C33H41N9O2/c1-22-6-7-28-27(18-35-37-28)30(22)42-12-9-25-29(20-42)36-32(44-21-24-5-4-10-39(24)3)26(17-34)31(25)40-13-15-41(16-14-40)33(43)23-8-11-38(2)19-23/h6-8,18,24H,4-5,9-16,19-21H2,1-3H3,(H,35,37)/t24-/m0/s1. The van der Waals surface area contributed by atoms with Gasteiger partial charge >= 0.3 is 0 Å². The van der Waals surface area contributed by atoms with E-state index in [4.69, 9.17) is 9.72 Å². The Bertz CT molecular complexity index is 1650. The SMILES string of the molecule is Cc1ccc2[nH]ncc2c1N1CCc2c(nc(OC[C@@H]3CCCN3C)c(C#N)c2N2CCN(C(=O)C3=CCN(C)C3)CC2)C1. The minimum Gasteiger partial charge on any atom is -0.475 e. The van der Waals surface area contributed by atoms with E-state index >= 15 is 0 Å². The fourth-order valence-corrected chi connectivity index (χ4v) is 7.35. The number of piperazine rings is 1. The van der Waals surface area contributed by atoms with E-state index in [-0.39, 0.29) is 5.91 Å². The van der Waals surface area contributed by atoms with E-state index in [9.17, 15) is 10.1 Å². The van der Waals surface area contributed by atoms with Crippen molar-refractivity contribution in [3.05, 3.63) is 52.4 Å². The quantitative estimate of drug-likeness (QED) is 0.460. The number of hydrogen-bond donors (Lipinski definition) is 1. The van der Waals surface area contributed by atoms with Crippen LogP contribution in [0.15, 0.2) is 30.0 Å². The van der Waals surface area contributed by atoms with Crippen LogP contribution in [0, 0.1) is 18.3 Å². The maximum absolute atomic E-state index is 13.2. The Morgan fingerprint density at radius 3 is 2.66 bits per heavy atom. The Kier molecular flexibility index (Phi) is 7.64. The van der Waals surface area contributed by atoms with E-state index < -0.39 is 0 Å². The molecule has 2 saturated heterocycles. The first-order valence-corrected chi connectivity index (χ1v) is 15.8. The number of nitrogens with zero attached hydrogens (tertiary/aromatic N) is 8. The number of hydrogen-bond acceptors (Lipinski definition) is 9. The van der Waals surface area contributed by atoms with E-state index in [0.29, 0.717) is 63.4 Å². The van der Waals surface area contributed by atoms with Crippen molar-refractivity contribution in [2.24, 2.45) is 0 Å². The predicted molar refractivity (Wildman–Crippen MR) is 170 cm³/mol. The van der Waals surface area contributed by atoms with Crippen LogP contribution in [0.2, 0.25) is 0 Å². The Morgan fingerprint density at radius 2 is 1.93 bits per heavy atom. The van der Waals surface area contributed by atoms with Crippen molar-refractivity contribution >= 4 is 28.2 Å². The molecule has 6 heterocycles. The lowest BCUT2D eigenvalue weighted by atomic mass is 9.97. The molecule has 1 amide bonds. The van der Waals surface area contributed by atoms with E-state index in [1.165, 1.54) is 11.3 Å². The van der Waals surface area contributed by atoms with Gasteiger partial charge in [0.15, 0.2) is 0 Å². The molecule has 0 spiro atoms. The summed E-state index contributed by atoms with van der Waals surface area (Å²) in [5.74, 6) is 0.565. The summed E-state index contributed by atoms with van der Waals surface area (Å²) in [6.45, 7) is 9.26. The van der Waals surface area contributed by atoms with Crippen LogP contribution in [0.25, 0.3) is 10.9 Å². The molecule has 44 heavy (non-hydrogen) atoms. The van der Waals surface area contributed by atoms with Gasteiger partial charge in [0.2, 0.25) is 5.88 Å². The molecule has 0 unspecified atom stereocenters. The average Bonchev–Trinajstić information content (AvgIpc) is 3.80. The third-order valence-electron chi connectivity index (χ3n) is 9.85. The molecule has 0 aliphatic carbocycles. The topological polar surface area (TPSA) is 108 Å². The Hall–Kier alpha value is -4.14. The van der Waals surface area contributed by atoms with Gasteiger partial charge in [0.25, 0.3) is 5.91 Å². The number of likely N-dealkylation sites (tertiary alicyclic amines) is 1. The van der Waals surface area contributed by atoms with Gasteiger partial charge in [-0.15, -0.1) is 0 Å². The van der Waals surface area contributed by atoms with Crippen LogP contribution >= 0.6 is 0 Å². The molecule has 4 aliphatic heterocycles. The van der Waals surface area contributed by atoms with Crippen molar-refractivity contribution in [1.82, 2.24) is 29.9 Å². The van der Waals surface area contributed by atoms with Crippen LogP contribution in [0.4, 0.5) is 11.4 Å². The number of pyridine rings is 1. The van der Waals surface area contributed by atoms with E-state index in [1.54, 1.807) is 0 Å². The number of benzene rings is 1. The van der Waals surface area contributed by atoms with E-state index in [1.807, 2.05) is 24.2 Å². The largest absolute Gasteiger partial charge is 0.475 e. The van der Waals surface area contributed by atoms with Gasteiger partial charge in [0.05, 0.1) is 35.3 Å².